The standard InChI is InChI=1S/C25H31NO4S/c1-8-25(7)23-20(26(9-2)16(5)17(6)31-25)19(22(30-23)24(28)29-10-3)21(27)18-13-11-15(4)12-14-18/h11-14H,8-10H2,1-7H3. The Kier molecular flexibility index (Phi) is 6.70. The molecule has 6 heteroatoms. The third kappa shape index (κ3) is 4.05. The number of carbonyl (C=O) groups is 2. The lowest BCUT2D eigenvalue weighted by Gasteiger charge is -2.26. The van der Waals surface area contributed by atoms with Crippen molar-refractivity contribution in [2.24, 2.45) is 0 Å². The van der Waals surface area contributed by atoms with E-state index in [2.05, 4.69) is 25.7 Å². The largest absolute Gasteiger partial charge is 0.460 e. The average Bonchev–Trinajstić information content (AvgIpc) is 3.12. The number of esters is 1. The van der Waals surface area contributed by atoms with E-state index in [4.69, 9.17) is 9.15 Å². The zero-order valence-corrected chi connectivity index (χ0v) is 20.2. The van der Waals surface area contributed by atoms with Crippen molar-refractivity contribution in [3.05, 3.63) is 63.1 Å². The molecule has 1 aromatic carbocycles. The van der Waals surface area contributed by atoms with E-state index in [0.29, 0.717) is 23.6 Å². The highest BCUT2D eigenvalue weighted by Crippen LogP contribution is 2.53. The number of carbonyl (C=O) groups excluding carboxylic acids is 2. The Morgan fingerprint density at radius 2 is 1.74 bits per heavy atom. The second kappa shape index (κ2) is 8.95. The highest BCUT2D eigenvalue weighted by Gasteiger charge is 2.43. The van der Waals surface area contributed by atoms with Crippen molar-refractivity contribution in [2.75, 3.05) is 18.1 Å². The number of allylic oxidation sites excluding steroid dienone is 2. The highest BCUT2D eigenvalue weighted by atomic mass is 32.2. The number of aryl methyl sites for hydroxylation is 1. The van der Waals surface area contributed by atoms with Crippen LogP contribution in [-0.2, 0) is 9.48 Å². The van der Waals surface area contributed by atoms with Crippen LogP contribution in [0.15, 0.2) is 39.3 Å². The molecule has 0 bridgehead atoms. The fourth-order valence-corrected chi connectivity index (χ4v) is 5.19. The minimum Gasteiger partial charge on any atom is -0.460 e. The smallest absolute Gasteiger partial charge is 0.375 e. The van der Waals surface area contributed by atoms with Crippen LogP contribution >= 0.6 is 11.8 Å². The minimum atomic E-state index is -0.608. The number of hydrogen-bond acceptors (Lipinski definition) is 6. The molecule has 0 spiro atoms. The molecular formula is C25H31NO4S. The first kappa shape index (κ1) is 23.2. The molecule has 0 saturated heterocycles. The van der Waals surface area contributed by atoms with E-state index in [-0.39, 0.29) is 23.7 Å². The Morgan fingerprint density at radius 3 is 2.29 bits per heavy atom. The first-order chi connectivity index (χ1) is 14.7. The van der Waals surface area contributed by atoms with Crippen LogP contribution in [0.25, 0.3) is 0 Å². The molecule has 1 aromatic heterocycles. The lowest BCUT2D eigenvalue weighted by atomic mass is 9.96. The number of anilines is 1. The Bertz CT molecular complexity index is 1030. The lowest BCUT2D eigenvalue weighted by Crippen LogP contribution is -2.25. The molecule has 1 aliphatic heterocycles. The maximum absolute atomic E-state index is 13.8. The summed E-state index contributed by atoms with van der Waals surface area (Å²) in [7, 11) is 0. The average molecular weight is 442 g/mol. The first-order valence-electron chi connectivity index (χ1n) is 10.8. The van der Waals surface area contributed by atoms with Crippen molar-refractivity contribution in [2.45, 2.75) is 59.6 Å². The van der Waals surface area contributed by atoms with Gasteiger partial charge in [-0.25, -0.2) is 4.79 Å². The number of hydrogen-bond donors (Lipinski definition) is 0. The van der Waals surface area contributed by atoms with Gasteiger partial charge < -0.3 is 14.1 Å². The number of nitrogens with zero attached hydrogens (tertiary/aromatic N) is 1. The fraction of sp³-hybridized carbons (Fsp3) is 0.440. The zero-order valence-electron chi connectivity index (χ0n) is 19.4. The molecule has 2 aromatic rings. The van der Waals surface area contributed by atoms with Gasteiger partial charge in [0.15, 0.2) is 5.78 Å². The van der Waals surface area contributed by atoms with Crippen LogP contribution in [0.5, 0.6) is 0 Å². The second-order valence-corrected chi connectivity index (χ2v) is 9.69. The summed E-state index contributed by atoms with van der Waals surface area (Å²) in [6, 6.07) is 7.38. The molecule has 1 aliphatic rings. The van der Waals surface area contributed by atoms with Crippen molar-refractivity contribution in [1.82, 2.24) is 0 Å². The molecule has 0 radical (unpaired) electrons. The number of ether oxygens (including phenoxy) is 1. The van der Waals surface area contributed by atoms with Gasteiger partial charge in [-0.15, -0.1) is 11.8 Å². The molecule has 0 aliphatic carbocycles. The fourth-order valence-electron chi connectivity index (χ4n) is 3.88. The number of fused-ring (bicyclic) bond motifs is 1. The van der Waals surface area contributed by atoms with E-state index < -0.39 is 10.7 Å². The number of furan rings is 1. The van der Waals surface area contributed by atoms with Gasteiger partial charge in [-0.3, -0.25) is 4.79 Å². The van der Waals surface area contributed by atoms with Crippen LogP contribution in [0.3, 0.4) is 0 Å². The summed E-state index contributed by atoms with van der Waals surface area (Å²) in [5.41, 5.74) is 3.60. The van der Waals surface area contributed by atoms with Gasteiger partial charge in [-0.05, 0) is 48.0 Å². The van der Waals surface area contributed by atoms with Gasteiger partial charge in [0.2, 0.25) is 5.76 Å². The minimum absolute atomic E-state index is 0.0106. The summed E-state index contributed by atoms with van der Waals surface area (Å²) in [6.45, 7) is 14.9. The Balaban J connectivity index is 2.37. The normalized spacial score (nSPS) is 18.6. The molecular weight excluding hydrogens is 410 g/mol. The maximum Gasteiger partial charge on any atom is 0.375 e. The van der Waals surface area contributed by atoms with Gasteiger partial charge in [0.25, 0.3) is 0 Å². The molecule has 0 saturated carbocycles. The van der Waals surface area contributed by atoms with E-state index in [1.54, 1.807) is 30.8 Å². The first-order valence-corrected chi connectivity index (χ1v) is 11.6. The third-order valence-corrected chi connectivity index (χ3v) is 7.44. The van der Waals surface area contributed by atoms with E-state index in [9.17, 15) is 9.59 Å². The van der Waals surface area contributed by atoms with Crippen LogP contribution in [-0.4, -0.2) is 24.9 Å². The molecule has 0 N–H and O–H groups in total. The summed E-state index contributed by atoms with van der Waals surface area (Å²) < 4.78 is 11.1. The predicted octanol–water partition coefficient (Wildman–Crippen LogP) is 6.45. The number of benzene rings is 1. The van der Waals surface area contributed by atoms with Gasteiger partial charge in [-0.2, -0.15) is 0 Å². The highest BCUT2D eigenvalue weighted by molar-refractivity contribution is 8.03. The van der Waals surface area contributed by atoms with Gasteiger partial charge in [-0.1, -0.05) is 36.8 Å². The van der Waals surface area contributed by atoms with E-state index in [1.807, 2.05) is 32.9 Å². The van der Waals surface area contributed by atoms with Crippen LogP contribution < -0.4 is 4.90 Å². The van der Waals surface area contributed by atoms with E-state index >= 15 is 0 Å². The van der Waals surface area contributed by atoms with E-state index in [1.165, 1.54) is 4.91 Å². The van der Waals surface area contributed by atoms with Gasteiger partial charge in [0, 0.05) is 22.7 Å². The van der Waals surface area contributed by atoms with Crippen molar-refractivity contribution >= 4 is 29.2 Å². The molecule has 31 heavy (non-hydrogen) atoms. The van der Waals surface area contributed by atoms with Crippen molar-refractivity contribution in [1.29, 1.82) is 0 Å². The predicted molar refractivity (Wildman–Crippen MR) is 126 cm³/mol. The van der Waals surface area contributed by atoms with Crippen molar-refractivity contribution in [3.8, 4) is 0 Å². The summed E-state index contributed by atoms with van der Waals surface area (Å²) in [5, 5.41) is 0. The molecule has 0 amide bonds. The second-order valence-electron chi connectivity index (χ2n) is 7.97. The van der Waals surface area contributed by atoms with Crippen molar-refractivity contribution in [3.63, 3.8) is 0 Å². The summed E-state index contributed by atoms with van der Waals surface area (Å²) in [4.78, 5) is 29.9. The lowest BCUT2D eigenvalue weighted by molar-refractivity contribution is 0.0483. The van der Waals surface area contributed by atoms with Crippen LogP contribution in [0.1, 0.15) is 85.8 Å². The SMILES string of the molecule is CCOC(=O)c1oc2c(c1C(=O)c1ccc(C)cc1)N(CC)C(C)=C(C)SC2(C)CC. The van der Waals surface area contributed by atoms with Gasteiger partial charge in [0.1, 0.15) is 11.3 Å². The Morgan fingerprint density at radius 1 is 1.10 bits per heavy atom. The van der Waals surface area contributed by atoms with E-state index in [0.717, 1.165) is 17.7 Å². The Labute approximate surface area is 188 Å². The number of thioether (sulfide) groups is 1. The van der Waals surface area contributed by atoms with Gasteiger partial charge in [0.05, 0.1) is 17.0 Å². The zero-order chi connectivity index (χ0) is 22.9. The molecule has 5 nitrogen and oxygen atoms in total. The summed E-state index contributed by atoms with van der Waals surface area (Å²) >= 11 is 1.72. The molecule has 1 atom stereocenters. The number of ketones is 1. The molecule has 166 valence electrons. The summed E-state index contributed by atoms with van der Waals surface area (Å²) in [6.07, 6.45) is 0.779. The molecule has 2 heterocycles. The monoisotopic (exact) mass is 441 g/mol. The molecule has 1 unspecified atom stereocenters. The number of rotatable bonds is 6. The molecule has 3 rings (SSSR count). The quantitative estimate of drug-likeness (QED) is 0.379. The molecule has 0 fully saturated rings. The van der Waals surface area contributed by atoms with Crippen LogP contribution in [0.2, 0.25) is 0 Å². The van der Waals surface area contributed by atoms with Gasteiger partial charge >= 0.3 is 5.97 Å². The topological polar surface area (TPSA) is 59.8 Å². The van der Waals surface area contributed by atoms with Crippen LogP contribution in [0, 0.1) is 6.92 Å². The van der Waals surface area contributed by atoms with Crippen molar-refractivity contribution < 1.29 is 18.7 Å². The van der Waals surface area contributed by atoms with Crippen LogP contribution in [0.4, 0.5) is 5.69 Å². The Hall–Kier alpha value is -2.47. The maximum atomic E-state index is 13.8. The summed E-state index contributed by atoms with van der Waals surface area (Å²) in [5.74, 6) is -0.203. The third-order valence-electron chi connectivity index (χ3n) is 5.92.